The fourth-order valence-electron chi connectivity index (χ4n) is 12.5. The van der Waals surface area contributed by atoms with Crippen LogP contribution in [-0.2, 0) is 14.2 Å². The number of carbonyl (C=O) groups excluding carboxylic acids is 1. The molecule has 3 N–H and O–H groups in total. The predicted octanol–water partition coefficient (Wildman–Crippen LogP) is 4.75. The lowest BCUT2D eigenvalue weighted by molar-refractivity contribution is -0.177. The number of morpholine rings is 1. The molecule has 7 aliphatic rings. The molecule has 0 aromatic heterocycles. The van der Waals surface area contributed by atoms with Crippen LogP contribution in [0.5, 0.6) is 0 Å². The van der Waals surface area contributed by atoms with Crippen LogP contribution in [0, 0.1) is 45.3 Å². The number of hydrogen-bond donors (Lipinski definition) is 3. The van der Waals surface area contributed by atoms with Gasteiger partial charge in [0.15, 0.2) is 0 Å². The van der Waals surface area contributed by atoms with Crippen LogP contribution in [0.2, 0.25) is 0 Å². The predicted molar refractivity (Wildman–Crippen MR) is 163 cm³/mol. The molecule has 7 fully saturated rings. The van der Waals surface area contributed by atoms with Gasteiger partial charge < -0.3 is 29.7 Å². The zero-order valence-electron chi connectivity index (χ0n) is 27.4. The van der Waals surface area contributed by atoms with Crippen LogP contribution in [0.25, 0.3) is 0 Å². The number of hydrogen-bond acceptors (Lipinski definition) is 7. The number of nitrogens with zero attached hydrogens (tertiary/aromatic N) is 1. The monoisotopic (exact) mass is 602 g/mol. The smallest absolute Gasteiger partial charge is 0.407 e. The van der Waals surface area contributed by atoms with Crippen LogP contribution in [0.3, 0.4) is 0 Å². The molecule has 7 rings (SSSR count). The SMILES string of the molecule is CC12CC[C@@]34C[C@@]35CC[C@H](OC(=O)NCCN3CCOCC3)C(C)(C)C5CCC4C1CC1OC([C@H](O)C(C)(C)O)CCC12. The summed E-state index contributed by atoms with van der Waals surface area (Å²) >= 11 is 0. The number of nitrogens with one attached hydrogen (secondary N) is 1. The summed E-state index contributed by atoms with van der Waals surface area (Å²) in [5.41, 5.74) is -0.00226. The number of amides is 1. The summed E-state index contributed by atoms with van der Waals surface area (Å²) in [4.78, 5) is 15.2. The van der Waals surface area contributed by atoms with Gasteiger partial charge in [-0.1, -0.05) is 20.8 Å². The van der Waals surface area contributed by atoms with Crippen LogP contribution in [0.1, 0.15) is 98.8 Å². The molecular formula is C35H58N2O6. The fourth-order valence-corrected chi connectivity index (χ4v) is 12.5. The topological polar surface area (TPSA) is 100 Å². The minimum atomic E-state index is -1.14. The highest BCUT2D eigenvalue weighted by Gasteiger charge is 2.81. The van der Waals surface area contributed by atoms with Crippen molar-refractivity contribution in [2.24, 2.45) is 45.3 Å². The maximum absolute atomic E-state index is 12.9. The molecule has 8 heteroatoms. The lowest BCUT2D eigenvalue weighted by Crippen LogP contribution is -2.55. The Morgan fingerprint density at radius 1 is 1.00 bits per heavy atom. The summed E-state index contributed by atoms with van der Waals surface area (Å²) < 4.78 is 18.3. The van der Waals surface area contributed by atoms with Crippen molar-refractivity contribution in [2.75, 3.05) is 39.4 Å². The molecule has 11 atom stereocenters. The highest BCUT2D eigenvalue weighted by atomic mass is 16.6. The summed E-state index contributed by atoms with van der Waals surface area (Å²) in [5.74, 6) is 2.61. The standard InChI is InChI=1S/C35H58N2O6/c1-31(2)27-9-7-22-24-20-26-23(6-8-25(42-26)29(38)32(3,4)40)33(24,5)12-13-34(22)21-35(27,34)11-10-28(31)43-30(39)36-14-15-37-16-18-41-19-17-37/h22-29,38,40H,6-21H2,1-5H3,(H,36,39)/t22?,23?,24?,25?,26?,27?,28-,29-,33?,34-,35+/m0/s1. The van der Waals surface area contributed by atoms with Gasteiger partial charge >= 0.3 is 6.09 Å². The van der Waals surface area contributed by atoms with Crippen molar-refractivity contribution >= 4 is 6.09 Å². The molecule has 2 heterocycles. The molecule has 5 aliphatic carbocycles. The molecule has 0 radical (unpaired) electrons. The Hall–Kier alpha value is -0.930. The van der Waals surface area contributed by atoms with Gasteiger partial charge in [-0.2, -0.15) is 0 Å². The Morgan fingerprint density at radius 3 is 2.49 bits per heavy atom. The van der Waals surface area contributed by atoms with E-state index < -0.39 is 11.7 Å². The van der Waals surface area contributed by atoms with Gasteiger partial charge in [0, 0.05) is 31.6 Å². The Morgan fingerprint density at radius 2 is 1.74 bits per heavy atom. The first-order valence-corrected chi connectivity index (χ1v) is 17.6. The van der Waals surface area contributed by atoms with Crippen molar-refractivity contribution in [1.82, 2.24) is 10.2 Å². The van der Waals surface area contributed by atoms with Gasteiger partial charge in [0.05, 0.1) is 31.0 Å². The molecule has 1 amide bonds. The van der Waals surface area contributed by atoms with E-state index in [1.54, 1.807) is 13.8 Å². The van der Waals surface area contributed by atoms with Crippen LogP contribution >= 0.6 is 0 Å². The summed E-state index contributed by atoms with van der Waals surface area (Å²) in [6.07, 6.45) is 10.5. The molecule has 43 heavy (non-hydrogen) atoms. The maximum atomic E-state index is 12.9. The summed E-state index contributed by atoms with van der Waals surface area (Å²) in [6.45, 7) is 15.6. The number of aliphatic hydroxyl groups excluding tert-OH is 1. The normalized spacial score (nSPS) is 47.7. The van der Waals surface area contributed by atoms with Crippen molar-refractivity contribution in [1.29, 1.82) is 0 Å². The first-order valence-electron chi connectivity index (χ1n) is 17.6. The van der Waals surface area contributed by atoms with E-state index in [9.17, 15) is 15.0 Å². The van der Waals surface area contributed by atoms with Crippen molar-refractivity contribution in [3.8, 4) is 0 Å². The minimum Gasteiger partial charge on any atom is -0.446 e. The summed E-state index contributed by atoms with van der Waals surface area (Å²) in [5, 5.41) is 24.3. The Bertz CT molecular complexity index is 1070. The van der Waals surface area contributed by atoms with Crippen LogP contribution < -0.4 is 5.32 Å². The third kappa shape index (κ3) is 4.73. The zero-order valence-corrected chi connectivity index (χ0v) is 27.4. The highest BCUT2D eigenvalue weighted by molar-refractivity contribution is 5.67. The molecule has 8 nitrogen and oxygen atoms in total. The molecule has 5 saturated carbocycles. The Labute approximate surface area is 259 Å². The first kappa shape index (κ1) is 30.7. The van der Waals surface area contributed by atoms with Gasteiger partial charge in [-0.15, -0.1) is 0 Å². The van der Waals surface area contributed by atoms with Gasteiger partial charge in [0.1, 0.15) is 12.2 Å². The van der Waals surface area contributed by atoms with E-state index in [0.29, 0.717) is 40.5 Å². The minimum absolute atomic E-state index is 0.0255. The summed E-state index contributed by atoms with van der Waals surface area (Å²) in [7, 11) is 0. The first-order chi connectivity index (χ1) is 20.3. The second-order valence-electron chi connectivity index (χ2n) is 17.2. The lowest BCUT2D eigenvalue weighted by Gasteiger charge is -2.59. The molecular weight excluding hydrogens is 544 g/mol. The molecule has 2 saturated heterocycles. The van der Waals surface area contributed by atoms with Crippen molar-refractivity contribution < 1.29 is 29.2 Å². The molecule has 244 valence electrons. The molecule has 2 spiro atoms. The quantitative estimate of drug-likeness (QED) is 0.403. The van der Waals surface area contributed by atoms with E-state index in [4.69, 9.17) is 14.2 Å². The van der Waals surface area contributed by atoms with E-state index in [-0.39, 0.29) is 29.8 Å². The van der Waals surface area contributed by atoms with E-state index >= 15 is 0 Å². The molecule has 2 aliphatic heterocycles. The second-order valence-corrected chi connectivity index (χ2v) is 17.2. The number of ether oxygens (including phenoxy) is 3. The van der Waals surface area contributed by atoms with Crippen molar-refractivity contribution in [2.45, 2.75) is 129 Å². The second kappa shape index (κ2) is 10.5. The largest absolute Gasteiger partial charge is 0.446 e. The summed E-state index contributed by atoms with van der Waals surface area (Å²) in [6, 6.07) is 0. The van der Waals surface area contributed by atoms with Crippen LogP contribution in [-0.4, -0.2) is 90.6 Å². The van der Waals surface area contributed by atoms with Gasteiger partial charge in [-0.3, -0.25) is 4.90 Å². The average molecular weight is 603 g/mol. The van der Waals surface area contributed by atoms with Crippen LogP contribution in [0.15, 0.2) is 0 Å². The number of carbonyl (C=O) groups is 1. The van der Waals surface area contributed by atoms with Gasteiger partial charge in [-0.05, 0) is 118 Å². The zero-order chi connectivity index (χ0) is 30.4. The molecule has 7 unspecified atom stereocenters. The van der Waals surface area contributed by atoms with Crippen molar-refractivity contribution in [3.05, 3.63) is 0 Å². The van der Waals surface area contributed by atoms with Gasteiger partial charge in [0.25, 0.3) is 0 Å². The number of alkyl carbamates (subject to hydrolysis) is 1. The third-order valence-electron chi connectivity index (χ3n) is 14.7. The Kier molecular flexibility index (Phi) is 7.53. The van der Waals surface area contributed by atoms with Gasteiger partial charge in [0.2, 0.25) is 0 Å². The van der Waals surface area contributed by atoms with E-state index in [0.717, 1.165) is 64.4 Å². The van der Waals surface area contributed by atoms with E-state index in [2.05, 4.69) is 31.0 Å². The number of fused-ring (bicyclic) bond motifs is 4. The van der Waals surface area contributed by atoms with Crippen LogP contribution in [0.4, 0.5) is 4.79 Å². The van der Waals surface area contributed by atoms with E-state index in [1.807, 2.05) is 0 Å². The third-order valence-corrected chi connectivity index (χ3v) is 14.7. The molecule has 0 aromatic carbocycles. The number of rotatable bonds is 6. The van der Waals surface area contributed by atoms with Gasteiger partial charge in [-0.25, -0.2) is 4.79 Å². The Balaban J connectivity index is 1.00. The number of aliphatic hydroxyl groups is 2. The van der Waals surface area contributed by atoms with Crippen molar-refractivity contribution in [3.63, 3.8) is 0 Å². The maximum Gasteiger partial charge on any atom is 0.407 e. The average Bonchev–Trinajstić information content (AvgIpc) is 3.54. The molecule has 0 aromatic rings. The molecule has 0 bridgehead atoms. The lowest BCUT2D eigenvalue weighted by atomic mass is 9.46. The van der Waals surface area contributed by atoms with E-state index in [1.165, 1.54) is 38.5 Å². The fraction of sp³-hybridized carbons (Fsp3) is 0.971. The highest BCUT2D eigenvalue weighted by Crippen LogP contribution is 2.87.